The fraction of sp³-hybridized carbons (Fsp3) is 0.400. The highest BCUT2D eigenvalue weighted by Gasteiger charge is 2.19. The molecular formula is C20H24N4O. The Morgan fingerprint density at radius 3 is 2.68 bits per heavy atom. The van der Waals surface area contributed by atoms with E-state index in [4.69, 9.17) is 4.98 Å². The van der Waals surface area contributed by atoms with E-state index in [1.807, 2.05) is 18.3 Å². The van der Waals surface area contributed by atoms with E-state index in [1.54, 1.807) is 17.7 Å². The molecule has 1 atom stereocenters. The lowest BCUT2D eigenvalue weighted by molar-refractivity contribution is 0.271. The number of aryl methyl sites for hydroxylation is 1. The van der Waals surface area contributed by atoms with Gasteiger partial charge in [0, 0.05) is 50.7 Å². The summed E-state index contributed by atoms with van der Waals surface area (Å²) in [7, 11) is 1.78. The second kappa shape index (κ2) is 6.48. The quantitative estimate of drug-likeness (QED) is 0.736. The molecule has 4 heterocycles. The number of likely N-dealkylation sites (tertiary alicyclic amines) is 1. The van der Waals surface area contributed by atoms with Crippen molar-refractivity contribution in [2.75, 3.05) is 13.1 Å². The van der Waals surface area contributed by atoms with Crippen molar-refractivity contribution in [3.05, 3.63) is 58.9 Å². The van der Waals surface area contributed by atoms with Crippen LogP contribution in [0.3, 0.4) is 0 Å². The van der Waals surface area contributed by atoms with Crippen molar-refractivity contribution >= 4 is 5.65 Å². The van der Waals surface area contributed by atoms with Crippen LogP contribution in [0.15, 0.2) is 47.7 Å². The molecule has 0 amide bonds. The van der Waals surface area contributed by atoms with E-state index >= 15 is 0 Å². The van der Waals surface area contributed by atoms with E-state index in [2.05, 4.69) is 34.7 Å². The van der Waals surface area contributed by atoms with E-state index in [1.165, 1.54) is 19.4 Å². The highest BCUT2D eigenvalue weighted by atomic mass is 16.1. The van der Waals surface area contributed by atoms with Gasteiger partial charge in [0.1, 0.15) is 5.65 Å². The van der Waals surface area contributed by atoms with E-state index in [0.29, 0.717) is 6.04 Å². The highest BCUT2D eigenvalue weighted by Crippen LogP contribution is 2.20. The number of rotatable bonds is 4. The van der Waals surface area contributed by atoms with Crippen molar-refractivity contribution in [2.24, 2.45) is 7.05 Å². The summed E-state index contributed by atoms with van der Waals surface area (Å²) in [6.45, 7) is 4.61. The molecule has 1 unspecified atom stereocenters. The second-order valence-corrected chi connectivity index (χ2v) is 7.06. The Morgan fingerprint density at radius 1 is 1.12 bits per heavy atom. The Kier molecular flexibility index (Phi) is 4.17. The Morgan fingerprint density at radius 2 is 1.92 bits per heavy atom. The third kappa shape index (κ3) is 3.24. The number of fused-ring (bicyclic) bond motifs is 1. The SMILES string of the molecule is CC1CCCN1CCc1cn2cc(-c3ccc(=O)n(C)c3)ccc2n1. The molecule has 0 radical (unpaired) electrons. The van der Waals surface area contributed by atoms with Gasteiger partial charge in [-0.3, -0.25) is 4.79 Å². The molecule has 25 heavy (non-hydrogen) atoms. The maximum atomic E-state index is 11.6. The van der Waals surface area contributed by atoms with Crippen molar-refractivity contribution in [1.82, 2.24) is 18.9 Å². The molecular weight excluding hydrogens is 312 g/mol. The monoisotopic (exact) mass is 336 g/mol. The van der Waals surface area contributed by atoms with Crippen molar-refractivity contribution in [3.8, 4) is 11.1 Å². The van der Waals surface area contributed by atoms with Crippen molar-refractivity contribution in [1.29, 1.82) is 0 Å². The molecule has 3 aromatic rings. The predicted octanol–water partition coefficient (Wildman–Crippen LogP) is 2.73. The smallest absolute Gasteiger partial charge is 0.250 e. The van der Waals surface area contributed by atoms with Gasteiger partial charge in [0.15, 0.2) is 0 Å². The largest absolute Gasteiger partial charge is 0.318 e. The number of imidazole rings is 1. The molecule has 5 nitrogen and oxygen atoms in total. The van der Waals surface area contributed by atoms with Crippen LogP contribution >= 0.6 is 0 Å². The zero-order valence-corrected chi connectivity index (χ0v) is 14.9. The first kappa shape index (κ1) is 16.1. The minimum Gasteiger partial charge on any atom is -0.318 e. The zero-order valence-electron chi connectivity index (χ0n) is 14.9. The van der Waals surface area contributed by atoms with Gasteiger partial charge in [0.2, 0.25) is 5.56 Å². The average Bonchev–Trinajstić information content (AvgIpc) is 3.20. The van der Waals surface area contributed by atoms with Gasteiger partial charge < -0.3 is 13.9 Å². The van der Waals surface area contributed by atoms with Gasteiger partial charge in [0.25, 0.3) is 0 Å². The van der Waals surface area contributed by atoms with Crippen LogP contribution in [0, 0.1) is 0 Å². The van der Waals surface area contributed by atoms with Crippen molar-refractivity contribution in [3.63, 3.8) is 0 Å². The Labute approximate surface area is 147 Å². The van der Waals surface area contributed by atoms with Crippen LogP contribution in [0.2, 0.25) is 0 Å². The summed E-state index contributed by atoms with van der Waals surface area (Å²) >= 11 is 0. The van der Waals surface area contributed by atoms with Gasteiger partial charge in [-0.1, -0.05) is 0 Å². The number of aromatic nitrogens is 3. The fourth-order valence-electron chi connectivity index (χ4n) is 3.68. The van der Waals surface area contributed by atoms with Crippen LogP contribution in [0.4, 0.5) is 0 Å². The van der Waals surface area contributed by atoms with Crippen LogP contribution < -0.4 is 5.56 Å². The predicted molar refractivity (Wildman–Crippen MR) is 99.8 cm³/mol. The molecule has 3 aromatic heterocycles. The molecule has 0 N–H and O–H groups in total. The topological polar surface area (TPSA) is 42.5 Å². The standard InChI is InChI=1S/C20H24N4O/c1-15-4-3-10-23(15)11-9-18-14-24-13-17(5-7-19(24)21-18)16-6-8-20(25)22(2)12-16/h5-8,12-15H,3-4,9-11H2,1-2H3. The third-order valence-electron chi connectivity index (χ3n) is 5.27. The normalized spacial score (nSPS) is 18.2. The van der Waals surface area contributed by atoms with E-state index in [-0.39, 0.29) is 5.56 Å². The molecule has 0 saturated carbocycles. The maximum absolute atomic E-state index is 11.6. The van der Waals surface area contributed by atoms with Gasteiger partial charge in [0.05, 0.1) is 5.69 Å². The van der Waals surface area contributed by atoms with E-state index < -0.39 is 0 Å². The summed E-state index contributed by atoms with van der Waals surface area (Å²) in [6.07, 6.45) is 9.70. The molecule has 4 rings (SSSR count). The zero-order chi connectivity index (χ0) is 17.4. The van der Waals surface area contributed by atoms with E-state index in [0.717, 1.165) is 35.4 Å². The molecule has 130 valence electrons. The molecule has 0 spiro atoms. The van der Waals surface area contributed by atoms with Crippen LogP contribution in [0.1, 0.15) is 25.5 Å². The van der Waals surface area contributed by atoms with Crippen LogP contribution in [-0.4, -0.2) is 38.0 Å². The summed E-state index contributed by atoms with van der Waals surface area (Å²) in [6, 6.07) is 8.29. The fourth-order valence-corrected chi connectivity index (χ4v) is 3.68. The number of pyridine rings is 2. The van der Waals surface area contributed by atoms with Crippen LogP contribution in [0.5, 0.6) is 0 Å². The lowest BCUT2D eigenvalue weighted by atomic mass is 10.1. The summed E-state index contributed by atoms with van der Waals surface area (Å²) in [5.74, 6) is 0. The summed E-state index contributed by atoms with van der Waals surface area (Å²) in [5.41, 5.74) is 4.23. The van der Waals surface area contributed by atoms with Gasteiger partial charge in [-0.25, -0.2) is 4.98 Å². The molecule has 5 heteroatoms. The molecule has 1 saturated heterocycles. The Bertz CT molecular complexity index is 956. The van der Waals surface area contributed by atoms with Crippen LogP contribution in [0.25, 0.3) is 16.8 Å². The second-order valence-electron chi connectivity index (χ2n) is 7.06. The summed E-state index contributed by atoms with van der Waals surface area (Å²) in [4.78, 5) is 18.9. The van der Waals surface area contributed by atoms with Gasteiger partial charge >= 0.3 is 0 Å². The first-order valence-electron chi connectivity index (χ1n) is 8.99. The van der Waals surface area contributed by atoms with Crippen molar-refractivity contribution in [2.45, 2.75) is 32.2 Å². The summed E-state index contributed by atoms with van der Waals surface area (Å²) in [5, 5.41) is 0. The molecule has 1 aliphatic heterocycles. The minimum atomic E-state index is 0.00545. The first-order chi connectivity index (χ1) is 12.1. The molecule has 0 aliphatic carbocycles. The summed E-state index contributed by atoms with van der Waals surface area (Å²) < 4.78 is 3.69. The van der Waals surface area contributed by atoms with Crippen molar-refractivity contribution < 1.29 is 0 Å². The third-order valence-corrected chi connectivity index (χ3v) is 5.27. The molecule has 0 aromatic carbocycles. The molecule has 1 aliphatic rings. The highest BCUT2D eigenvalue weighted by molar-refractivity contribution is 5.63. The number of nitrogens with zero attached hydrogens (tertiary/aromatic N) is 4. The van der Waals surface area contributed by atoms with Gasteiger partial charge in [-0.05, 0) is 55.6 Å². The maximum Gasteiger partial charge on any atom is 0.250 e. The van der Waals surface area contributed by atoms with Gasteiger partial charge in [-0.15, -0.1) is 0 Å². The van der Waals surface area contributed by atoms with E-state index in [9.17, 15) is 4.79 Å². The van der Waals surface area contributed by atoms with Gasteiger partial charge in [-0.2, -0.15) is 0 Å². The lowest BCUT2D eigenvalue weighted by Crippen LogP contribution is -2.29. The lowest BCUT2D eigenvalue weighted by Gasteiger charge is -2.19. The van der Waals surface area contributed by atoms with Crippen LogP contribution in [-0.2, 0) is 13.5 Å². The Hall–Kier alpha value is -2.40. The molecule has 0 bridgehead atoms. The average molecular weight is 336 g/mol. The number of hydrogen-bond donors (Lipinski definition) is 0. The Balaban J connectivity index is 1.56. The first-order valence-corrected chi connectivity index (χ1v) is 8.99. The number of hydrogen-bond acceptors (Lipinski definition) is 3. The minimum absolute atomic E-state index is 0.00545. The molecule has 1 fully saturated rings.